The highest BCUT2D eigenvalue weighted by Gasteiger charge is 2.30. The quantitative estimate of drug-likeness (QED) is 0.341. The third-order valence-electron chi connectivity index (χ3n) is 6.08. The van der Waals surface area contributed by atoms with Crippen LogP contribution in [-0.4, -0.2) is 39.7 Å². The molecule has 0 bridgehead atoms. The highest BCUT2D eigenvalue weighted by molar-refractivity contribution is 6.48. The average molecular weight is 483 g/mol. The van der Waals surface area contributed by atoms with Gasteiger partial charge in [0.1, 0.15) is 11.5 Å². The zero-order valence-electron chi connectivity index (χ0n) is 21.2. The summed E-state index contributed by atoms with van der Waals surface area (Å²) >= 11 is 0. The van der Waals surface area contributed by atoms with Gasteiger partial charge in [-0.2, -0.15) is 0 Å². The van der Waals surface area contributed by atoms with Crippen LogP contribution in [0.25, 0.3) is 5.57 Å². The van der Waals surface area contributed by atoms with E-state index in [0.29, 0.717) is 17.0 Å². The van der Waals surface area contributed by atoms with Crippen molar-refractivity contribution in [1.29, 1.82) is 10.8 Å². The number of rotatable bonds is 7. The van der Waals surface area contributed by atoms with Crippen LogP contribution in [0.3, 0.4) is 0 Å². The van der Waals surface area contributed by atoms with E-state index in [1.807, 2.05) is 24.4 Å². The van der Waals surface area contributed by atoms with Crippen LogP contribution in [0.5, 0.6) is 0 Å². The molecule has 7 nitrogen and oxygen atoms in total. The van der Waals surface area contributed by atoms with Gasteiger partial charge in [-0.1, -0.05) is 45.0 Å². The number of carbonyl (C=O) groups excluding carboxylic acids is 1. The zero-order chi connectivity index (χ0) is 25.7. The topological polar surface area (TPSA) is 105 Å². The smallest absolute Gasteiger partial charge is 0.274 e. The maximum absolute atomic E-state index is 13.2. The Bertz CT molecular complexity index is 1230. The number of hydrogen-bond acceptors (Lipinski definition) is 5. The second-order valence-electron chi connectivity index (χ2n) is 10.5. The van der Waals surface area contributed by atoms with Gasteiger partial charge < -0.3 is 10.2 Å². The number of carbonyl (C=O) groups is 1. The van der Waals surface area contributed by atoms with Gasteiger partial charge in [-0.3, -0.25) is 25.6 Å². The number of allylic oxidation sites excluding steroid dienone is 2. The van der Waals surface area contributed by atoms with Crippen molar-refractivity contribution in [2.75, 3.05) is 5.32 Å². The van der Waals surface area contributed by atoms with Gasteiger partial charge in [-0.15, -0.1) is 0 Å². The van der Waals surface area contributed by atoms with Crippen molar-refractivity contribution in [3.8, 4) is 0 Å². The predicted octanol–water partition coefficient (Wildman–Crippen LogP) is 5.84. The van der Waals surface area contributed by atoms with E-state index < -0.39 is 0 Å². The Morgan fingerprint density at radius 3 is 2.69 bits per heavy atom. The fourth-order valence-corrected chi connectivity index (χ4v) is 4.13. The zero-order valence-corrected chi connectivity index (χ0v) is 21.2. The molecule has 0 atom stereocenters. The van der Waals surface area contributed by atoms with Crippen molar-refractivity contribution < 1.29 is 4.79 Å². The molecule has 1 aliphatic heterocycles. The minimum Gasteiger partial charge on any atom is -0.321 e. The predicted molar refractivity (Wildman–Crippen MR) is 147 cm³/mol. The van der Waals surface area contributed by atoms with E-state index in [9.17, 15) is 4.79 Å². The Morgan fingerprint density at radius 2 is 2.03 bits per heavy atom. The summed E-state index contributed by atoms with van der Waals surface area (Å²) in [5, 5.41) is 19.1. The molecule has 2 aliphatic rings. The molecule has 0 spiro atoms. The van der Waals surface area contributed by atoms with Gasteiger partial charge in [0.05, 0.1) is 6.34 Å². The minimum atomic E-state index is -0.314. The summed E-state index contributed by atoms with van der Waals surface area (Å²) in [5.74, 6) is -0.0504. The number of aromatic nitrogens is 1. The maximum Gasteiger partial charge on any atom is 0.274 e. The van der Waals surface area contributed by atoms with E-state index in [0.717, 1.165) is 48.9 Å². The Morgan fingerprint density at radius 1 is 1.22 bits per heavy atom. The number of anilines is 1. The van der Waals surface area contributed by atoms with E-state index in [4.69, 9.17) is 10.8 Å². The highest BCUT2D eigenvalue weighted by atomic mass is 16.1. The van der Waals surface area contributed by atoms with Gasteiger partial charge in [-0.05, 0) is 72.9 Å². The molecule has 1 aromatic heterocycles. The van der Waals surface area contributed by atoms with E-state index >= 15 is 0 Å². The monoisotopic (exact) mass is 482 g/mol. The van der Waals surface area contributed by atoms with Crippen molar-refractivity contribution in [1.82, 2.24) is 9.88 Å². The van der Waals surface area contributed by atoms with E-state index in [-0.39, 0.29) is 23.2 Å². The number of hydrogen-bond donors (Lipinski definition) is 3. The largest absolute Gasteiger partial charge is 0.321 e. The van der Waals surface area contributed by atoms with Gasteiger partial charge in [0.15, 0.2) is 0 Å². The van der Waals surface area contributed by atoms with Crippen molar-refractivity contribution >= 4 is 35.1 Å². The first-order valence-corrected chi connectivity index (χ1v) is 12.4. The number of aliphatic imine (C=N–C) groups is 1. The Balaban J connectivity index is 1.51. The standard InChI is InChI=1S/C29H34N6O/c1-29(2,3)17-24-11-10-22(18-33-24)20-7-4-5-14-32-26(16-20)28(36)34-23-9-6-8-21(15-23)27(31)35(19-30)25-12-13-25/h5-6,8-11,14-16,18-19,25,30-31H,4,7,12-13,17H2,1-3H3,(H,34,36)/b14-5-,20-16+,30-19?,31-27?,32-26+. The Hall–Kier alpha value is -3.87. The average Bonchev–Trinajstić information content (AvgIpc) is 3.64. The molecular weight excluding hydrogens is 448 g/mol. The maximum atomic E-state index is 13.2. The van der Waals surface area contributed by atoms with E-state index in [1.165, 1.54) is 6.34 Å². The molecule has 7 heteroatoms. The van der Waals surface area contributed by atoms with E-state index in [1.54, 1.807) is 29.3 Å². The van der Waals surface area contributed by atoms with Crippen LogP contribution in [0.1, 0.15) is 63.3 Å². The molecule has 1 fully saturated rings. The van der Waals surface area contributed by atoms with Crippen LogP contribution in [0, 0.1) is 16.2 Å². The summed E-state index contributed by atoms with van der Waals surface area (Å²) in [6.07, 6.45) is 13.1. The van der Waals surface area contributed by atoms with E-state index in [2.05, 4.69) is 48.2 Å². The molecular formula is C29H34N6O. The molecule has 2 heterocycles. The Kier molecular flexibility index (Phi) is 7.58. The molecule has 0 saturated heterocycles. The van der Waals surface area contributed by atoms with Gasteiger partial charge in [-0.25, -0.2) is 0 Å². The summed E-state index contributed by atoms with van der Waals surface area (Å²) in [7, 11) is 0. The lowest BCUT2D eigenvalue weighted by molar-refractivity contribution is -0.110. The first kappa shape index (κ1) is 25.2. The third-order valence-corrected chi connectivity index (χ3v) is 6.08. The molecule has 1 saturated carbocycles. The lowest BCUT2D eigenvalue weighted by Gasteiger charge is -2.19. The fourth-order valence-electron chi connectivity index (χ4n) is 4.13. The second-order valence-corrected chi connectivity index (χ2v) is 10.5. The third kappa shape index (κ3) is 6.62. The summed E-state index contributed by atoms with van der Waals surface area (Å²) in [5.41, 5.74) is 4.79. The van der Waals surface area contributed by atoms with Crippen LogP contribution < -0.4 is 5.32 Å². The first-order valence-electron chi connectivity index (χ1n) is 12.4. The number of pyridine rings is 1. The SMILES string of the molecule is CC(C)(C)Cc1ccc(/C2=C/C(C(=O)Nc3cccc(C(=N)N(C=N)C4CC4)c3)=N\C=C/CC2)cn1. The van der Waals surface area contributed by atoms with Crippen LogP contribution in [0.2, 0.25) is 0 Å². The van der Waals surface area contributed by atoms with Crippen molar-refractivity contribution in [3.05, 3.63) is 77.8 Å². The van der Waals surface area contributed by atoms with Gasteiger partial charge in [0, 0.05) is 35.4 Å². The lowest BCUT2D eigenvalue weighted by Crippen LogP contribution is -2.31. The van der Waals surface area contributed by atoms with Crippen LogP contribution in [0.15, 0.2) is 65.9 Å². The summed E-state index contributed by atoms with van der Waals surface area (Å²) in [6, 6.07) is 11.5. The second kappa shape index (κ2) is 10.8. The molecule has 186 valence electrons. The fraction of sp³-hybridized carbons (Fsp3) is 0.345. The van der Waals surface area contributed by atoms with Crippen molar-refractivity contribution in [3.63, 3.8) is 0 Å². The van der Waals surface area contributed by atoms with Gasteiger partial charge in [0.2, 0.25) is 0 Å². The van der Waals surface area contributed by atoms with Crippen LogP contribution >= 0.6 is 0 Å². The summed E-state index contributed by atoms with van der Waals surface area (Å²) in [6.45, 7) is 6.59. The Labute approximate surface area is 213 Å². The molecule has 1 aliphatic carbocycles. The van der Waals surface area contributed by atoms with Crippen molar-refractivity contribution in [2.45, 2.75) is 58.9 Å². The molecule has 36 heavy (non-hydrogen) atoms. The summed E-state index contributed by atoms with van der Waals surface area (Å²) < 4.78 is 0. The minimum absolute atomic E-state index is 0.169. The number of nitrogens with zero attached hydrogens (tertiary/aromatic N) is 3. The molecule has 1 aromatic carbocycles. The molecule has 1 amide bonds. The first-order chi connectivity index (χ1) is 17.2. The van der Waals surface area contributed by atoms with Crippen LogP contribution in [-0.2, 0) is 11.2 Å². The molecule has 0 unspecified atom stereocenters. The summed E-state index contributed by atoms with van der Waals surface area (Å²) in [4.78, 5) is 23.9. The van der Waals surface area contributed by atoms with Gasteiger partial charge >= 0.3 is 0 Å². The van der Waals surface area contributed by atoms with Crippen LogP contribution in [0.4, 0.5) is 5.69 Å². The van der Waals surface area contributed by atoms with Gasteiger partial charge in [0.25, 0.3) is 5.91 Å². The molecule has 0 radical (unpaired) electrons. The number of amidine groups is 1. The number of benzene rings is 1. The lowest BCUT2D eigenvalue weighted by atomic mass is 9.90. The normalized spacial score (nSPS) is 19.5. The van der Waals surface area contributed by atoms with Crippen molar-refractivity contribution in [2.24, 2.45) is 10.4 Å². The number of nitrogens with one attached hydrogen (secondary N) is 3. The molecule has 3 N–H and O–H groups in total. The molecule has 2 aromatic rings. The number of amides is 1. The molecule has 4 rings (SSSR count). The highest BCUT2D eigenvalue weighted by Crippen LogP contribution is 2.28.